The van der Waals surface area contributed by atoms with E-state index in [-0.39, 0.29) is 11.7 Å². The van der Waals surface area contributed by atoms with E-state index >= 15 is 0 Å². The van der Waals surface area contributed by atoms with Crippen LogP contribution in [0.3, 0.4) is 0 Å². The zero-order valence-electron chi connectivity index (χ0n) is 16.2. The molecule has 1 aromatic heterocycles. The summed E-state index contributed by atoms with van der Waals surface area (Å²) in [6.45, 7) is 2.20. The number of carbonyl (C=O) groups excluding carboxylic acids is 1. The lowest BCUT2D eigenvalue weighted by molar-refractivity contribution is -0.134. The van der Waals surface area contributed by atoms with Crippen LogP contribution in [0.25, 0.3) is 0 Å². The number of likely N-dealkylation sites (N-methyl/N-ethyl adjacent to an activating group) is 1. The fourth-order valence-corrected chi connectivity index (χ4v) is 4.81. The normalized spacial score (nSPS) is 15.3. The summed E-state index contributed by atoms with van der Waals surface area (Å²) in [5, 5.41) is 0. The van der Waals surface area contributed by atoms with Crippen molar-refractivity contribution in [2.24, 2.45) is 0 Å². The Morgan fingerprint density at radius 3 is 2.45 bits per heavy atom. The maximum absolute atomic E-state index is 12.6. The molecule has 1 amide bonds. The topological polar surface area (TPSA) is 36.0 Å². The van der Waals surface area contributed by atoms with Gasteiger partial charge in [-0.25, -0.2) is 0 Å². The first-order chi connectivity index (χ1) is 13.9. The molecule has 2 heterocycles. The van der Waals surface area contributed by atoms with Crippen molar-refractivity contribution in [2.45, 2.75) is 19.7 Å². The predicted octanol–water partition coefficient (Wildman–Crippen LogP) is 3.89. The molecule has 1 saturated heterocycles. The minimum Gasteiger partial charge on any atom is -0.435 e. The third-order valence-corrected chi connectivity index (χ3v) is 6.35. The molecule has 1 fully saturated rings. The minimum atomic E-state index is -2.83. The summed E-state index contributed by atoms with van der Waals surface area (Å²) in [6.07, 6.45) is 0. The molecular weight excluding hydrogens is 464 g/mol. The number of hydrogen-bond donors (Lipinski definition) is 0. The summed E-state index contributed by atoms with van der Waals surface area (Å²) in [5.41, 5.74) is 0.939. The molecule has 5 nitrogen and oxygen atoms in total. The van der Waals surface area contributed by atoms with Gasteiger partial charge in [-0.05, 0) is 52.8 Å². The maximum atomic E-state index is 12.6. The number of ether oxygens (including phenoxy) is 1. The third kappa shape index (κ3) is 7.02. The van der Waals surface area contributed by atoms with E-state index in [1.807, 2.05) is 16.8 Å². The number of benzene rings is 1. The molecule has 0 radical (unpaired) electrons. The number of piperazine rings is 1. The molecule has 158 valence electrons. The maximum Gasteiger partial charge on any atom is 0.387 e. The summed E-state index contributed by atoms with van der Waals surface area (Å²) >= 11 is 5.24. The summed E-state index contributed by atoms with van der Waals surface area (Å²) in [4.78, 5) is 20.1. The summed E-state index contributed by atoms with van der Waals surface area (Å²) < 4.78 is 29.9. The number of hydrogen-bond acceptors (Lipinski definition) is 5. The largest absolute Gasteiger partial charge is 0.435 e. The molecule has 2 aromatic rings. The second-order valence-corrected chi connectivity index (χ2v) is 9.61. The standard InChI is InChI=1S/C20H24BrF2N3O2S/c1-24(12-15-2-4-16(5-3-15)28-20(22)23)14-19(27)26-10-8-25(9-11-26)13-17-6-7-18(21)29-17/h2-7,20H,8-14H2,1H3. The van der Waals surface area contributed by atoms with Crippen molar-refractivity contribution < 1.29 is 18.3 Å². The zero-order valence-corrected chi connectivity index (χ0v) is 18.6. The van der Waals surface area contributed by atoms with Gasteiger partial charge in [0.1, 0.15) is 5.75 Å². The summed E-state index contributed by atoms with van der Waals surface area (Å²) in [7, 11) is 1.88. The molecule has 0 saturated carbocycles. The zero-order chi connectivity index (χ0) is 20.8. The monoisotopic (exact) mass is 487 g/mol. The van der Waals surface area contributed by atoms with Crippen molar-refractivity contribution in [3.05, 3.63) is 50.6 Å². The van der Waals surface area contributed by atoms with Crippen molar-refractivity contribution in [1.82, 2.24) is 14.7 Å². The van der Waals surface area contributed by atoms with E-state index in [9.17, 15) is 13.6 Å². The number of rotatable bonds is 8. The van der Waals surface area contributed by atoms with Gasteiger partial charge in [0, 0.05) is 44.1 Å². The highest BCUT2D eigenvalue weighted by molar-refractivity contribution is 9.11. The number of amides is 1. The highest BCUT2D eigenvalue weighted by atomic mass is 79.9. The molecule has 1 aliphatic heterocycles. The van der Waals surface area contributed by atoms with Crippen LogP contribution < -0.4 is 4.74 Å². The SMILES string of the molecule is CN(CC(=O)N1CCN(Cc2ccc(Br)s2)CC1)Cc1ccc(OC(F)F)cc1. The number of alkyl halides is 2. The lowest BCUT2D eigenvalue weighted by Gasteiger charge is -2.35. The molecule has 0 unspecified atom stereocenters. The lowest BCUT2D eigenvalue weighted by atomic mass is 10.2. The Hall–Kier alpha value is -1.55. The summed E-state index contributed by atoms with van der Waals surface area (Å²) in [6, 6.07) is 10.7. The molecule has 1 aliphatic rings. The molecule has 1 aromatic carbocycles. The molecule has 9 heteroatoms. The molecule has 3 rings (SSSR count). The number of nitrogens with zero attached hydrogens (tertiary/aromatic N) is 3. The van der Waals surface area contributed by atoms with E-state index in [1.54, 1.807) is 23.5 Å². The highest BCUT2D eigenvalue weighted by Gasteiger charge is 2.22. The predicted molar refractivity (Wildman–Crippen MR) is 113 cm³/mol. The summed E-state index contributed by atoms with van der Waals surface area (Å²) in [5.74, 6) is 0.249. The van der Waals surface area contributed by atoms with Gasteiger partial charge in [-0.1, -0.05) is 12.1 Å². The van der Waals surface area contributed by atoms with Crippen molar-refractivity contribution in [3.8, 4) is 5.75 Å². The number of thiophene rings is 1. The Labute approximate surface area is 182 Å². The Morgan fingerprint density at radius 1 is 1.17 bits per heavy atom. The van der Waals surface area contributed by atoms with Crippen LogP contribution in [0.15, 0.2) is 40.2 Å². The molecular formula is C20H24BrF2N3O2S. The Kier molecular flexibility index (Phi) is 7.99. The van der Waals surface area contributed by atoms with Crippen LogP contribution in [0, 0.1) is 0 Å². The van der Waals surface area contributed by atoms with Gasteiger partial charge in [-0.2, -0.15) is 8.78 Å². The lowest BCUT2D eigenvalue weighted by Crippen LogP contribution is -2.50. The second-order valence-electron chi connectivity index (χ2n) is 7.06. The van der Waals surface area contributed by atoms with Gasteiger partial charge >= 0.3 is 6.61 Å². The van der Waals surface area contributed by atoms with E-state index in [0.717, 1.165) is 42.1 Å². The van der Waals surface area contributed by atoms with E-state index in [1.165, 1.54) is 17.0 Å². The first-order valence-electron chi connectivity index (χ1n) is 9.35. The van der Waals surface area contributed by atoms with Crippen LogP contribution in [0.5, 0.6) is 5.75 Å². The number of carbonyl (C=O) groups is 1. The van der Waals surface area contributed by atoms with Crippen molar-refractivity contribution in [2.75, 3.05) is 39.8 Å². The van der Waals surface area contributed by atoms with Gasteiger partial charge < -0.3 is 9.64 Å². The van der Waals surface area contributed by atoms with Gasteiger partial charge in [-0.15, -0.1) is 11.3 Å². The molecule has 0 N–H and O–H groups in total. The van der Waals surface area contributed by atoms with Gasteiger partial charge in [-0.3, -0.25) is 14.6 Å². The van der Waals surface area contributed by atoms with Gasteiger partial charge in [0.25, 0.3) is 0 Å². The first kappa shape index (κ1) is 22.1. The average molecular weight is 488 g/mol. The van der Waals surface area contributed by atoms with Crippen LogP contribution >= 0.6 is 27.3 Å². The van der Waals surface area contributed by atoms with Gasteiger partial charge in [0.2, 0.25) is 5.91 Å². The molecule has 29 heavy (non-hydrogen) atoms. The average Bonchev–Trinajstić information content (AvgIpc) is 3.08. The van der Waals surface area contributed by atoms with E-state index < -0.39 is 6.61 Å². The Bertz CT molecular complexity index is 795. The van der Waals surface area contributed by atoms with Crippen LogP contribution in [-0.4, -0.2) is 67.0 Å². The smallest absolute Gasteiger partial charge is 0.387 e. The Balaban J connectivity index is 1.40. The number of halogens is 3. The molecule has 0 bridgehead atoms. The fraction of sp³-hybridized carbons (Fsp3) is 0.450. The fourth-order valence-electron chi connectivity index (χ4n) is 3.29. The van der Waals surface area contributed by atoms with Crippen molar-refractivity contribution in [3.63, 3.8) is 0 Å². The molecule has 0 aliphatic carbocycles. The van der Waals surface area contributed by atoms with Crippen LogP contribution in [0.1, 0.15) is 10.4 Å². The molecule has 0 atom stereocenters. The van der Waals surface area contributed by atoms with Crippen LogP contribution in [0.2, 0.25) is 0 Å². The second kappa shape index (κ2) is 10.5. The van der Waals surface area contributed by atoms with Crippen LogP contribution in [-0.2, 0) is 17.9 Å². The highest BCUT2D eigenvalue weighted by Crippen LogP contribution is 2.23. The van der Waals surface area contributed by atoms with Gasteiger partial charge in [0.15, 0.2) is 0 Å². The van der Waals surface area contributed by atoms with E-state index in [0.29, 0.717) is 13.1 Å². The van der Waals surface area contributed by atoms with Gasteiger partial charge in [0.05, 0.1) is 10.3 Å². The quantitative estimate of drug-likeness (QED) is 0.565. The molecule has 0 spiro atoms. The minimum absolute atomic E-state index is 0.115. The van der Waals surface area contributed by atoms with Crippen LogP contribution in [0.4, 0.5) is 8.78 Å². The Morgan fingerprint density at radius 2 is 1.86 bits per heavy atom. The van der Waals surface area contributed by atoms with Crippen molar-refractivity contribution >= 4 is 33.2 Å². The van der Waals surface area contributed by atoms with E-state index in [4.69, 9.17) is 0 Å². The van der Waals surface area contributed by atoms with E-state index in [2.05, 4.69) is 37.7 Å². The first-order valence-corrected chi connectivity index (χ1v) is 11.0. The van der Waals surface area contributed by atoms with Crippen molar-refractivity contribution in [1.29, 1.82) is 0 Å². The third-order valence-electron chi connectivity index (χ3n) is 4.74.